The standard InChI is InChI=1S/C7H12BN3OS/c1-8(12)11-3-2-5-6(4-11)13-7(9)10-5/h12H,2-4H2,1H3,(H2,9,10). The molecule has 3 N–H and O–H groups in total. The maximum Gasteiger partial charge on any atom is 0.376 e. The van der Waals surface area contributed by atoms with Crippen molar-refractivity contribution < 1.29 is 5.02 Å². The Morgan fingerprint density at radius 3 is 3.15 bits per heavy atom. The lowest BCUT2D eigenvalue weighted by molar-refractivity contribution is 0.348. The lowest BCUT2D eigenvalue weighted by Crippen LogP contribution is -2.40. The maximum atomic E-state index is 9.39. The Morgan fingerprint density at radius 1 is 1.69 bits per heavy atom. The lowest BCUT2D eigenvalue weighted by Gasteiger charge is -2.26. The highest BCUT2D eigenvalue weighted by atomic mass is 32.1. The van der Waals surface area contributed by atoms with Crippen LogP contribution in [0.4, 0.5) is 5.13 Å². The SMILES string of the molecule is CB(O)N1CCc2nc(N)sc2C1. The Hall–Kier alpha value is -0.585. The van der Waals surface area contributed by atoms with Gasteiger partial charge in [0.1, 0.15) is 0 Å². The Bertz CT molecular complexity index is 315. The van der Waals surface area contributed by atoms with E-state index in [2.05, 4.69) is 4.98 Å². The van der Waals surface area contributed by atoms with Crippen molar-refractivity contribution in [2.24, 2.45) is 0 Å². The molecule has 0 saturated heterocycles. The average Bonchev–Trinajstić information content (AvgIpc) is 2.42. The van der Waals surface area contributed by atoms with Gasteiger partial charge >= 0.3 is 7.05 Å². The fourth-order valence-electron chi connectivity index (χ4n) is 1.55. The van der Waals surface area contributed by atoms with Crippen molar-refractivity contribution in [2.45, 2.75) is 19.8 Å². The molecule has 0 aliphatic carbocycles. The average molecular weight is 197 g/mol. The van der Waals surface area contributed by atoms with E-state index in [9.17, 15) is 5.02 Å². The smallest absolute Gasteiger partial charge is 0.376 e. The van der Waals surface area contributed by atoms with E-state index in [0.717, 1.165) is 25.2 Å². The van der Waals surface area contributed by atoms with Gasteiger partial charge < -0.3 is 15.6 Å². The normalized spacial score (nSPS) is 17.1. The fourth-order valence-corrected chi connectivity index (χ4v) is 2.46. The largest absolute Gasteiger partial charge is 0.437 e. The maximum absolute atomic E-state index is 9.39. The molecule has 0 radical (unpaired) electrons. The number of thiazole rings is 1. The quantitative estimate of drug-likeness (QED) is 0.631. The molecule has 4 nitrogen and oxygen atoms in total. The predicted octanol–water partition coefficient (Wildman–Crippen LogP) is 0.194. The third kappa shape index (κ3) is 1.70. The van der Waals surface area contributed by atoms with Crippen LogP contribution >= 0.6 is 11.3 Å². The summed E-state index contributed by atoms with van der Waals surface area (Å²) in [6.07, 6.45) is 0.897. The van der Waals surface area contributed by atoms with Crippen LogP contribution in [0.25, 0.3) is 0 Å². The van der Waals surface area contributed by atoms with E-state index in [1.54, 1.807) is 6.82 Å². The third-order valence-electron chi connectivity index (χ3n) is 2.31. The first-order chi connectivity index (χ1) is 6.16. The Labute approximate surface area is 81.5 Å². The van der Waals surface area contributed by atoms with E-state index in [1.165, 1.54) is 16.2 Å². The monoisotopic (exact) mass is 197 g/mol. The summed E-state index contributed by atoms with van der Waals surface area (Å²) in [4.78, 5) is 7.45. The molecule has 0 unspecified atom stereocenters. The zero-order valence-electron chi connectivity index (χ0n) is 7.53. The van der Waals surface area contributed by atoms with Crippen molar-refractivity contribution in [3.05, 3.63) is 10.6 Å². The van der Waals surface area contributed by atoms with Crippen molar-refractivity contribution in [2.75, 3.05) is 12.3 Å². The molecule has 6 heteroatoms. The van der Waals surface area contributed by atoms with Crippen molar-refractivity contribution in [1.29, 1.82) is 0 Å². The van der Waals surface area contributed by atoms with Crippen LogP contribution in [0.1, 0.15) is 10.6 Å². The molecular formula is C7H12BN3OS. The van der Waals surface area contributed by atoms with Gasteiger partial charge in [0.05, 0.1) is 5.69 Å². The van der Waals surface area contributed by atoms with Gasteiger partial charge in [-0.1, -0.05) is 0 Å². The summed E-state index contributed by atoms with van der Waals surface area (Å²) in [5.41, 5.74) is 6.72. The highest BCUT2D eigenvalue weighted by Gasteiger charge is 2.24. The number of hydrogen-bond acceptors (Lipinski definition) is 5. The van der Waals surface area contributed by atoms with Gasteiger partial charge in [-0.25, -0.2) is 4.98 Å². The number of rotatable bonds is 1. The predicted molar refractivity (Wildman–Crippen MR) is 54.5 cm³/mol. The van der Waals surface area contributed by atoms with Crippen LogP contribution in [0.15, 0.2) is 0 Å². The van der Waals surface area contributed by atoms with Gasteiger partial charge in [-0.15, -0.1) is 11.3 Å². The minimum Gasteiger partial charge on any atom is -0.437 e. The van der Waals surface area contributed by atoms with Crippen LogP contribution in [0.5, 0.6) is 0 Å². The second kappa shape index (κ2) is 3.28. The Kier molecular flexibility index (Phi) is 2.27. The zero-order chi connectivity index (χ0) is 9.42. The number of nitrogens with two attached hydrogens (primary N) is 1. The molecule has 0 bridgehead atoms. The minimum atomic E-state index is -0.378. The molecule has 1 aromatic rings. The Balaban J connectivity index is 2.19. The summed E-state index contributed by atoms with van der Waals surface area (Å²) in [5.74, 6) is 0. The van der Waals surface area contributed by atoms with Crippen molar-refractivity contribution in [3.8, 4) is 0 Å². The summed E-state index contributed by atoms with van der Waals surface area (Å²) in [7, 11) is -0.378. The minimum absolute atomic E-state index is 0.378. The first-order valence-electron chi connectivity index (χ1n) is 4.33. The van der Waals surface area contributed by atoms with Crippen molar-refractivity contribution in [3.63, 3.8) is 0 Å². The highest BCUT2D eigenvalue weighted by Crippen LogP contribution is 2.26. The summed E-state index contributed by atoms with van der Waals surface area (Å²) in [5, 5.41) is 10.0. The Morgan fingerprint density at radius 2 is 2.46 bits per heavy atom. The van der Waals surface area contributed by atoms with Crippen LogP contribution in [0.3, 0.4) is 0 Å². The number of hydrogen-bond donors (Lipinski definition) is 2. The van der Waals surface area contributed by atoms with E-state index >= 15 is 0 Å². The molecule has 1 aliphatic rings. The number of fused-ring (bicyclic) bond motifs is 1. The van der Waals surface area contributed by atoms with E-state index < -0.39 is 0 Å². The van der Waals surface area contributed by atoms with E-state index in [1.807, 2.05) is 4.81 Å². The fraction of sp³-hybridized carbons (Fsp3) is 0.571. The number of nitrogens with zero attached hydrogens (tertiary/aromatic N) is 2. The van der Waals surface area contributed by atoms with E-state index in [-0.39, 0.29) is 7.05 Å². The number of anilines is 1. The third-order valence-corrected chi connectivity index (χ3v) is 3.22. The first kappa shape index (κ1) is 8.99. The topological polar surface area (TPSA) is 62.4 Å². The molecule has 0 amide bonds. The molecule has 2 rings (SSSR count). The molecule has 0 saturated carbocycles. The van der Waals surface area contributed by atoms with Gasteiger partial charge in [0.15, 0.2) is 5.13 Å². The van der Waals surface area contributed by atoms with Crippen molar-refractivity contribution in [1.82, 2.24) is 9.79 Å². The second-order valence-corrected chi connectivity index (χ2v) is 4.39. The molecule has 0 spiro atoms. The van der Waals surface area contributed by atoms with Crippen LogP contribution in [-0.2, 0) is 13.0 Å². The van der Waals surface area contributed by atoms with Gasteiger partial charge in [-0.3, -0.25) is 0 Å². The molecule has 1 aromatic heterocycles. The highest BCUT2D eigenvalue weighted by molar-refractivity contribution is 7.15. The van der Waals surface area contributed by atoms with Crippen LogP contribution in [0.2, 0.25) is 6.82 Å². The summed E-state index contributed by atoms with van der Waals surface area (Å²) in [6, 6.07) is 0. The number of aromatic nitrogens is 1. The first-order valence-corrected chi connectivity index (χ1v) is 5.14. The molecule has 13 heavy (non-hydrogen) atoms. The summed E-state index contributed by atoms with van der Waals surface area (Å²) >= 11 is 1.53. The van der Waals surface area contributed by atoms with Gasteiger partial charge in [-0.2, -0.15) is 0 Å². The van der Waals surface area contributed by atoms with Gasteiger partial charge in [-0.05, 0) is 13.4 Å². The van der Waals surface area contributed by atoms with Crippen molar-refractivity contribution >= 4 is 23.5 Å². The van der Waals surface area contributed by atoms with E-state index in [4.69, 9.17) is 5.73 Å². The molecule has 0 atom stereocenters. The van der Waals surface area contributed by atoms with Gasteiger partial charge in [0.25, 0.3) is 0 Å². The van der Waals surface area contributed by atoms with E-state index in [0.29, 0.717) is 5.13 Å². The van der Waals surface area contributed by atoms with Crippen LogP contribution < -0.4 is 5.73 Å². The zero-order valence-corrected chi connectivity index (χ0v) is 8.34. The molecule has 0 aromatic carbocycles. The number of nitrogen functional groups attached to an aromatic ring is 1. The molecule has 2 heterocycles. The molecule has 0 fully saturated rings. The van der Waals surface area contributed by atoms with Crippen LogP contribution in [0, 0.1) is 0 Å². The lowest BCUT2D eigenvalue weighted by atomic mass is 9.83. The summed E-state index contributed by atoms with van der Waals surface area (Å²) < 4.78 is 0. The second-order valence-electron chi connectivity index (χ2n) is 3.27. The molecule has 1 aliphatic heterocycles. The van der Waals surface area contributed by atoms with Crippen LogP contribution in [-0.4, -0.2) is 28.4 Å². The van der Waals surface area contributed by atoms with Gasteiger partial charge in [0.2, 0.25) is 0 Å². The molecule has 70 valence electrons. The van der Waals surface area contributed by atoms with Gasteiger partial charge in [0, 0.05) is 17.8 Å². The molecular weight excluding hydrogens is 185 g/mol. The summed E-state index contributed by atoms with van der Waals surface area (Å²) in [6.45, 7) is 3.44.